The van der Waals surface area contributed by atoms with Crippen LogP contribution in [-0.4, -0.2) is 48.2 Å². The Balaban J connectivity index is 2.02. The van der Waals surface area contributed by atoms with Gasteiger partial charge < -0.3 is 10.4 Å². The molecule has 4 heteroatoms. The zero-order valence-corrected chi connectivity index (χ0v) is 13.7. The summed E-state index contributed by atoms with van der Waals surface area (Å²) >= 11 is 0. The number of piperazine rings is 1. The molecule has 0 saturated carbocycles. The zero-order chi connectivity index (χ0) is 15.5. The average molecular weight is 294 g/mol. The van der Waals surface area contributed by atoms with Crippen molar-refractivity contribution >= 4 is 5.91 Å². The van der Waals surface area contributed by atoms with Crippen molar-refractivity contribution in [3.8, 4) is 0 Å². The van der Waals surface area contributed by atoms with E-state index in [4.69, 9.17) is 0 Å². The second-order valence-corrected chi connectivity index (χ2v) is 7.10. The number of nitrogens with zero attached hydrogens (tertiary/aromatic N) is 1. The maximum Gasteiger partial charge on any atom is 0.237 e. The first-order chi connectivity index (χ1) is 9.95. The fourth-order valence-electron chi connectivity index (χ4n) is 3.95. The molecule has 1 aliphatic heterocycles. The monoisotopic (exact) mass is 294 g/mol. The van der Waals surface area contributed by atoms with Gasteiger partial charge in [0, 0.05) is 26.2 Å². The van der Waals surface area contributed by atoms with Gasteiger partial charge in [-0.15, -0.1) is 0 Å². The molecule has 1 fully saturated rings. The highest BCUT2D eigenvalue weighted by Gasteiger charge is 2.32. The summed E-state index contributed by atoms with van der Waals surface area (Å²) in [6.45, 7) is 9.57. The van der Waals surface area contributed by atoms with Gasteiger partial charge in [0.2, 0.25) is 5.91 Å². The molecule has 2 aliphatic rings. The molecule has 0 aromatic rings. The molecule has 1 heterocycles. The van der Waals surface area contributed by atoms with Crippen LogP contribution in [0.2, 0.25) is 0 Å². The van der Waals surface area contributed by atoms with Crippen molar-refractivity contribution in [1.29, 1.82) is 0 Å². The molecule has 0 spiro atoms. The van der Waals surface area contributed by atoms with E-state index in [2.05, 4.69) is 31.0 Å². The molecule has 2 rings (SSSR count). The predicted molar refractivity (Wildman–Crippen MR) is 85.0 cm³/mol. The molecule has 0 bridgehead atoms. The maximum atomic E-state index is 12.0. The zero-order valence-electron chi connectivity index (χ0n) is 13.7. The Kier molecular flexibility index (Phi) is 5.44. The standard InChI is InChI=1S/C17H30N2O2/c1-13-5-4-8-17(2,3)14(13)6-10-19-11-9-18-16(21)15(19)7-12-20/h15,20H,4-12H2,1-3H3,(H,18,21)/t15-/m0/s1. The number of nitrogens with one attached hydrogen (secondary N) is 1. The molecule has 1 aliphatic carbocycles. The van der Waals surface area contributed by atoms with E-state index < -0.39 is 0 Å². The SMILES string of the molecule is CC1=C(CCN2CCNC(=O)[C@@H]2CCO)C(C)(C)CCC1. The first-order valence-corrected chi connectivity index (χ1v) is 8.27. The third-order valence-electron chi connectivity index (χ3n) is 5.18. The molecule has 120 valence electrons. The third kappa shape index (κ3) is 3.86. The Morgan fingerprint density at radius 3 is 2.86 bits per heavy atom. The number of amides is 1. The molecular weight excluding hydrogens is 264 g/mol. The molecule has 0 aromatic carbocycles. The Morgan fingerprint density at radius 1 is 1.43 bits per heavy atom. The summed E-state index contributed by atoms with van der Waals surface area (Å²) in [5.74, 6) is 0.0731. The van der Waals surface area contributed by atoms with Gasteiger partial charge in [0.1, 0.15) is 0 Å². The first kappa shape index (κ1) is 16.5. The van der Waals surface area contributed by atoms with E-state index in [-0.39, 0.29) is 18.6 Å². The second-order valence-electron chi connectivity index (χ2n) is 7.10. The highest BCUT2D eigenvalue weighted by Crippen LogP contribution is 2.41. The van der Waals surface area contributed by atoms with Gasteiger partial charge in [0.15, 0.2) is 0 Å². The number of allylic oxidation sites excluding steroid dienone is 1. The van der Waals surface area contributed by atoms with Gasteiger partial charge in [-0.25, -0.2) is 0 Å². The smallest absolute Gasteiger partial charge is 0.237 e. The van der Waals surface area contributed by atoms with Crippen molar-refractivity contribution in [3.05, 3.63) is 11.1 Å². The van der Waals surface area contributed by atoms with Gasteiger partial charge in [0.05, 0.1) is 6.04 Å². The topological polar surface area (TPSA) is 52.6 Å². The van der Waals surface area contributed by atoms with Crippen molar-refractivity contribution in [2.45, 2.75) is 58.9 Å². The van der Waals surface area contributed by atoms with E-state index in [0.717, 1.165) is 26.1 Å². The third-order valence-corrected chi connectivity index (χ3v) is 5.18. The summed E-state index contributed by atoms with van der Waals surface area (Å²) < 4.78 is 0. The molecule has 4 nitrogen and oxygen atoms in total. The summed E-state index contributed by atoms with van der Waals surface area (Å²) in [5.41, 5.74) is 3.43. The van der Waals surface area contributed by atoms with Gasteiger partial charge in [-0.2, -0.15) is 0 Å². The van der Waals surface area contributed by atoms with E-state index in [1.165, 1.54) is 19.3 Å². The highest BCUT2D eigenvalue weighted by atomic mass is 16.3. The Hall–Kier alpha value is -0.870. The summed E-state index contributed by atoms with van der Waals surface area (Å²) in [7, 11) is 0. The number of aliphatic hydroxyl groups is 1. The minimum Gasteiger partial charge on any atom is -0.396 e. The number of aliphatic hydroxyl groups excluding tert-OH is 1. The summed E-state index contributed by atoms with van der Waals surface area (Å²) in [5, 5.41) is 12.1. The van der Waals surface area contributed by atoms with Gasteiger partial charge >= 0.3 is 0 Å². The van der Waals surface area contributed by atoms with Gasteiger partial charge in [-0.05, 0) is 44.4 Å². The molecular formula is C17H30N2O2. The summed E-state index contributed by atoms with van der Waals surface area (Å²) in [6, 6.07) is -0.156. The van der Waals surface area contributed by atoms with Crippen LogP contribution in [0.5, 0.6) is 0 Å². The number of hydrogen-bond donors (Lipinski definition) is 2. The lowest BCUT2D eigenvalue weighted by Crippen LogP contribution is -2.55. The molecule has 1 amide bonds. The highest BCUT2D eigenvalue weighted by molar-refractivity contribution is 5.82. The lowest BCUT2D eigenvalue weighted by Gasteiger charge is -2.38. The molecule has 2 N–H and O–H groups in total. The van der Waals surface area contributed by atoms with E-state index in [1.54, 1.807) is 11.1 Å². The van der Waals surface area contributed by atoms with Gasteiger partial charge in [-0.1, -0.05) is 25.0 Å². The minimum atomic E-state index is -0.156. The first-order valence-electron chi connectivity index (χ1n) is 8.27. The Labute approximate surface area is 128 Å². The molecule has 0 aromatic heterocycles. The fourth-order valence-corrected chi connectivity index (χ4v) is 3.95. The van der Waals surface area contributed by atoms with Crippen molar-refractivity contribution < 1.29 is 9.90 Å². The van der Waals surface area contributed by atoms with E-state index >= 15 is 0 Å². The fraction of sp³-hybridized carbons (Fsp3) is 0.824. The van der Waals surface area contributed by atoms with Crippen LogP contribution in [0.3, 0.4) is 0 Å². The van der Waals surface area contributed by atoms with Crippen LogP contribution in [0.1, 0.15) is 52.9 Å². The number of carbonyl (C=O) groups is 1. The number of carbonyl (C=O) groups excluding carboxylic acids is 1. The molecule has 0 unspecified atom stereocenters. The minimum absolute atomic E-state index is 0.0712. The summed E-state index contributed by atoms with van der Waals surface area (Å²) in [4.78, 5) is 14.2. The normalized spacial score (nSPS) is 26.9. The van der Waals surface area contributed by atoms with Crippen LogP contribution in [-0.2, 0) is 4.79 Å². The van der Waals surface area contributed by atoms with Crippen LogP contribution < -0.4 is 5.32 Å². The van der Waals surface area contributed by atoms with Crippen molar-refractivity contribution in [1.82, 2.24) is 10.2 Å². The number of rotatable bonds is 5. The molecule has 1 saturated heterocycles. The van der Waals surface area contributed by atoms with E-state index in [1.807, 2.05) is 0 Å². The van der Waals surface area contributed by atoms with Crippen molar-refractivity contribution in [3.63, 3.8) is 0 Å². The van der Waals surface area contributed by atoms with Crippen molar-refractivity contribution in [2.24, 2.45) is 5.41 Å². The lowest BCUT2D eigenvalue weighted by atomic mass is 9.71. The largest absolute Gasteiger partial charge is 0.396 e. The number of hydrogen-bond acceptors (Lipinski definition) is 3. The maximum absolute atomic E-state index is 12.0. The molecule has 21 heavy (non-hydrogen) atoms. The van der Waals surface area contributed by atoms with Gasteiger partial charge in [-0.3, -0.25) is 9.69 Å². The van der Waals surface area contributed by atoms with Crippen LogP contribution in [0.15, 0.2) is 11.1 Å². The Morgan fingerprint density at radius 2 is 2.19 bits per heavy atom. The van der Waals surface area contributed by atoms with E-state index in [0.29, 0.717) is 11.8 Å². The predicted octanol–water partition coefficient (Wildman–Crippen LogP) is 2.09. The van der Waals surface area contributed by atoms with Crippen LogP contribution in [0.4, 0.5) is 0 Å². The van der Waals surface area contributed by atoms with Crippen molar-refractivity contribution in [2.75, 3.05) is 26.2 Å². The second kappa shape index (κ2) is 6.93. The summed E-state index contributed by atoms with van der Waals surface area (Å²) in [6.07, 6.45) is 5.36. The van der Waals surface area contributed by atoms with Crippen LogP contribution in [0.25, 0.3) is 0 Å². The van der Waals surface area contributed by atoms with Crippen LogP contribution in [0, 0.1) is 5.41 Å². The van der Waals surface area contributed by atoms with Gasteiger partial charge in [0.25, 0.3) is 0 Å². The Bertz CT molecular complexity index is 415. The quantitative estimate of drug-likeness (QED) is 0.763. The molecule has 1 atom stereocenters. The lowest BCUT2D eigenvalue weighted by molar-refractivity contribution is -0.129. The molecule has 0 radical (unpaired) electrons. The van der Waals surface area contributed by atoms with E-state index in [9.17, 15) is 9.90 Å². The van der Waals surface area contributed by atoms with Crippen LogP contribution >= 0.6 is 0 Å². The average Bonchev–Trinajstić information content (AvgIpc) is 2.41.